The van der Waals surface area contributed by atoms with Crippen LogP contribution in [0, 0.1) is 0 Å². The fourth-order valence-electron chi connectivity index (χ4n) is 4.56. The smallest absolute Gasteiger partial charge is 0.180 e. The number of benzene rings is 1. The molecule has 5 rings (SSSR count). The van der Waals surface area contributed by atoms with Crippen molar-refractivity contribution in [1.82, 2.24) is 30.0 Å². The number of aliphatic hydroxyl groups excluding tert-OH is 8. The second-order valence-corrected chi connectivity index (χ2v) is 9.87. The van der Waals surface area contributed by atoms with Crippen LogP contribution in [0.3, 0.4) is 0 Å². The molecule has 4 heterocycles. The zero-order valence-corrected chi connectivity index (χ0v) is 22.0. The van der Waals surface area contributed by atoms with Gasteiger partial charge < -0.3 is 59.8 Å². The average Bonchev–Trinajstić information content (AvgIpc) is 3.68. The standard InChI is InChI=1S/C24H32N6O12/c31-7-15-17(33)19(35)21(37)23(41-15)29-5-11(25-27-29)9-39-13-1-2-14(4-3-13)40-10-12-6-30(28-26-12)24-22(38)20(36)18(34)16(8-32)42-24/h1-6,15-24,31-38H,7-10H2/t15-,16-,17+,18+,19+,20+,21-,22-,23-,24-/m1/s1. The summed E-state index contributed by atoms with van der Waals surface area (Å²) < 4.78 is 24.7. The van der Waals surface area contributed by atoms with Crippen LogP contribution in [-0.4, -0.2) is 133 Å². The Kier molecular flexibility index (Phi) is 9.28. The third kappa shape index (κ3) is 6.22. The summed E-state index contributed by atoms with van der Waals surface area (Å²) in [6.45, 7) is -1.10. The number of hydrogen-bond acceptors (Lipinski definition) is 16. The molecule has 0 bridgehead atoms. The molecule has 0 amide bonds. The summed E-state index contributed by atoms with van der Waals surface area (Å²) >= 11 is 0. The molecule has 18 heteroatoms. The average molecular weight is 597 g/mol. The molecule has 0 radical (unpaired) electrons. The highest BCUT2D eigenvalue weighted by molar-refractivity contribution is 5.31. The van der Waals surface area contributed by atoms with Crippen LogP contribution in [0.2, 0.25) is 0 Å². The van der Waals surface area contributed by atoms with Crippen molar-refractivity contribution in [1.29, 1.82) is 0 Å². The van der Waals surface area contributed by atoms with E-state index >= 15 is 0 Å². The lowest BCUT2D eigenvalue weighted by Gasteiger charge is -2.39. The summed E-state index contributed by atoms with van der Waals surface area (Å²) in [5, 5.41) is 94.7. The van der Waals surface area contributed by atoms with Crippen molar-refractivity contribution in [3.63, 3.8) is 0 Å². The van der Waals surface area contributed by atoms with Crippen LogP contribution in [0.5, 0.6) is 11.5 Å². The van der Waals surface area contributed by atoms with Crippen molar-refractivity contribution < 1.29 is 59.8 Å². The predicted octanol–water partition coefficient (Wildman–Crippen LogP) is -4.03. The van der Waals surface area contributed by atoms with Crippen molar-refractivity contribution >= 4 is 0 Å². The highest BCUT2D eigenvalue weighted by Gasteiger charge is 2.45. The summed E-state index contributed by atoms with van der Waals surface area (Å²) in [7, 11) is 0. The van der Waals surface area contributed by atoms with Gasteiger partial charge in [-0.2, -0.15) is 0 Å². The van der Waals surface area contributed by atoms with E-state index < -0.39 is 74.5 Å². The van der Waals surface area contributed by atoms with Crippen LogP contribution >= 0.6 is 0 Å². The Morgan fingerprint density at radius 2 is 0.976 bits per heavy atom. The molecule has 2 aromatic heterocycles. The topological polar surface area (TPSA) is 260 Å². The Morgan fingerprint density at radius 3 is 1.33 bits per heavy atom. The molecule has 8 N–H and O–H groups in total. The first-order valence-corrected chi connectivity index (χ1v) is 13.0. The lowest BCUT2D eigenvalue weighted by atomic mass is 9.98. The molecule has 10 atom stereocenters. The largest absolute Gasteiger partial charge is 0.487 e. The minimum atomic E-state index is -1.54. The van der Waals surface area contributed by atoms with E-state index in [2.05, 4.69) is 20.6 Å². The van der Waals surface area contributed by atoms with Crippen LogP contribution in [0.1, 0.15) is 23.8 Å². The van der Waals surface area contributed by atoms with Crippen molar-refractivity contribution in [2.24, 2.45) is 0 Å². The van der Waals surface area contributed by atoms with Crippen LogP contribution in [0.25, 0.3) is 0 Å². The Hall–Kier alpha value is -3.30. The summed E-state index contributed by atoms with van der Waals surface area (Å²) in [5.41, 5.74) is 0.768. The molecule has 0 aliphatic carbocycles. The Balaban J connectivity index is 1.12. The van der Waals surface area contributed by atoms with E-state index in [1.807, 2.05) is 0 Å². The first-order valence-electron chi connectivity index (χ1n) is 13.0. The number of aliphatic hydroxyl groups is 8. The molecule has 2 aliphatic heterocycles. The fraction of sp³-hybridized carbons (Fsp3) is 0.583. The quantitative estimate of drug-likeness (QED) is 0.111. The van der Waals surface area contributed by atoms with E-state index in [0.717, 1.165) is 0 Å². The molecule has 0 saturated carbocycles. The highest BCUT2D eigenvalue weighted by atomic mass is 16.6. The zero-order chi connectivity index (χ0) is 30.0. The highest BCUT2D eigenvalue weighted by Crippen LogP contribution is 2.29. The van der Waals surface area contributed by atoms with Gasteiger partial charge in [-0.05, 0) is 24.3 Å². The number of rotatable bonds is 10. The number of ether oxygens (including phenoxy) is 4. The molecular formula is C24H32N6O12. The van der Waals surface area contributed by atoms with Crippen LogP contribution in [0.4, 0.5) is 0 Å². The predicted molar refractivity (Wildman–Crippen MR) is 133 cm³/mol. The molecule has 3 aromatic rings. The van der Waals surface area contributed by atoms with Gasteiger partial charge in [0.15, 0.2) is 12.5 Å². The summed E-state index contributed by atoms with van der Waals surface area (Å²) in [6.07, 6.45) is -10.6. The van der Waals surface area contributed by atoms with Gasteiger partial charge in [0.1, 0.15) is 84.9 Å². The third-order valence-corrected chi connectivity index (χ3v) is 6.97. The second-order valence-electron chi connectivity index (χ2n) is 9.87. The van der Waals surface area contributed by atoms with E-state index in [1.54, 1.807) is 24.3 Å². The van der Waals surface area contributed by atoms with Gasteiger partial charge in [-0.15, -0.1) is 10.2 Å². The third-order valence-electron chi connectivity index (χ3n) is 6.97. The van der Waals surface area contributed by atoms with E-state index in [0.29, 0.717) is 22.9 Å². The monoisotopic (exact) mass is 596 g/mol. The first kappa shape index (κ1) is 30.2. The lowest BCUT2D eigenvalue weighted by Crippen LogP contribution is -2.56. The molecule has 230 valence electrons. The maximum Gasteiger partial charge on any atom is 0.180 e. The SMILES string of the molecule is OC[C@H]1O[C@@H](n2cc(COc3ccc(OCc4cn([C@@H]5O[C@H](CO)[C@H](O)[C@H](O)[C@H]5O)nn4)cc3)nn2)[C@H](O)[C@@H](O)[C@H]1O. The minimum Gasteiger partial charge on any atom is -0.487 e. The molecule has 0 spiro atoms. The van der Waals surface area contributed by atoms with Gasteiger partial charge in [-0.25, -0.2) is 9.36 Å². The second kappa shape index (κ2) is 12.9. The van der Waals surface area contributed by atoms with Gasteiger partial charge in [-0.3, -0.25) is 0 Å². The van der Waals surface area contributed by atoms with Crippen molar-refractivity contribution in [2.75, 3.05) is 13.2 Å². The fourth-order valence-corrected chi connectivity index (χ4v) is 4.56. The van der Waals surface area contributed by atoms with Gasteiger partial charge in [-0.1, -0.05) is 10.4 Å². The number of aromatic nitrogens is 6. The Labute approximate surface area is 237 Å². The summed E-state index contributed by atoms with van der Waals surface area (Å²) in [6, 6.07) is 6.62. The van der Waals surface area contributed by atoms with E-state index in [-0.39, 0.29) is 13.2 Å². The molecule has 18 nitrogen and oxygen atoms in total. The zero-order valence-electron chi connectivity index (χ0n) is 22.0. The maximum atomic E-state index is 10.2. The molecule has 2 saturated heterocycles. The lowest BCUT2D eigenvalue weighted by molar-refractivity contribution is -0.254. The van der Waals surface area contributed by atoms with Gasteiger partial charge in [0, 0.05) is 0 Å². The molecule has 2 fully saturated rings. The summed E-state index contributed by atoms with van der Waals surface area (Å²) in [4.78, 5) is 0. The van der Waals surface area contributed by atoms with Crippen molar-refractivity contribution in [3.8, 4) is 11.5 Å². The van der Waals surface area contributed by atoms with E-state index in [9.17, 15) is 40.9 Å². The first-order chi connectivity index (χ1) is 20.2. The Morgan fingerprint density at radius 1 is 0.595 bits per heavy atom. The molecular weight excluding hydrogens is 564 g/mol. The van der Waals surface area contributed by atoms with Crippen LogP contribution < -0.4 is 9.47 Å². The number of hydrogen-bond donors (Lipinski definition) is 8. The van der Waals surface area contributed by atoms with Crippen LogP contribution in [-0.2, 0) is 22.7 Å². The minimum absolute atomic E-state index is 0.0126. The molecule has 0 unspecified atom stereocenters. The summed E-state index contributed by atoms with van der Waals surface area (Å²) in [5.74, 6) is 0.969. The number of nitrogens with zero attached hydrogens (tertiary/aromatic N) is 6. The Bertz CT molecular complexity index is 1190. The van der Waals surface area contributed by atoms with Gasteiger partial charge in [0.05, 0.1) is 25.6 Å². The van der Waals surface area contributed by atoms with Crippen molar-refractivity contribution in [2.45, 2.75) is 74.5 Å². The molecule has 1 aromatic carbocycles. The molecule has 42 heavy (non-hydrogen) atoms. The van der Waals surface area contributed by atoms with E-state index in [1.165, 1.54) is 21.8 Å². The van der Waals surface area contributed by atoms with Gasteiger partial charge >= 0.3 is 0 Å². The van der Waals surface area contributed by atoms with E-state index in [4.69, 9.17) is 18.9 Å². The van der Waals surface area contributed by atoms with Crippen LogP contribution in [0.15, 0.2) is 36.7 Å². The molecule has 2 aliphatic rings. The maximum absolute atomic E-state index is 10.2. The van der Waals surface area contributed by atoms with Gasteiger partial charge in [0.2, 0.25) is 0 Å². The van der Waals surface area contributed by atoms with Crippen molar-refractivity contribution in [3.05, 3.63) is 48.0 Å². The normalized spacial score (nSPS) is 33.4. The van der Waals surface area contributed by atoms with Gasteiger partial charge in [0.25, 0.3) is 0 Å².